The molecule has 1 aromatic heterocycles. The lowest BCUT2D eigenvalue weighted by molar-refractivity contribution is -0.0796. The van der Waals surface area contributed by atoms with Crippen molar-refractivity contribution < 1.29 is 27.5 Å². The summed E-state index contributed by atoms with van der Waals surface area (Å²) in [6, 6.07) is 25.6. The molecule has 50 heavy (non-hydrogen) atoms. The van der Waals surface area contributed by atoms with Gasteiger partial charge < -0.3 is 30.0 Å². The van der Waals surface area contributed by atoms with Crippen LogP contribution in [-0.4, -0.2) is 50.4 Å². The number of amides is 3. The number of anilines is 2. The van der Waals surface area contributed by atoms with E-state index in [1.54, 1.807) is 24.3 Å². The van der Waals surface area contributed by atoms with E-state index in [0.29, 0.717) is 46.4 Å². The summed E-state index contributed by atoms with van der Waals surface area (Å²) in [6.07, 6.45) is 3.09. The van der Waals surface area contributed by atoms with E-state index in [1.165, 1.54) is 7.11 Å². The molecular formula is C38H41N5O6S. The summed E-state index contributed by atoms with van der Waals surface area (Å²) in [7, 11) is -2.48. The molecule has 0 saturated carbocycles. The average Bonchev–Trinajstić information content (AvgIpc) is 3.63. The molecule has 2 unspecified atom stereocenters. The average molecular weight is 696 g/mol. The zero-order valence-corrected chi connectivity index (χ0v) is 29.2. The second kappa shape index (κ2) is 14.0. The highest BCUT2D eigenvalue weighted by Gasteiger charge is 2.34. The number of aromatic nitrogens is 1. The van der Waals surface area contributed by atoms with Gasteiger partial charge in [-0.2, -0.15) is 0 Å². The fraction of sp³-hybridized carbons (Fsp3) is 0.263. The van der Waals surface area contributed by atoms with E-state index in [4.69, 9.17) is 14.6 Å². The van der Waals surface area contributed by atoms with Crippen molar-refractivity contribution in [2.75, 3.05) is 30.8 Å². The Bertz CT molecular complexity index is 2130. The zero-order valence-electron chi connectivity index (χ0n) is 28.4. The van der Waals surface area contributed by atoms with E-state index in [-0.39, 0.29) is 29.3 Å². The molecule has 1 aliphatic rings. The van der Waals surface area contributed by atoms with Crippen LogP contribution in [0.5, 0.6) is 5.75 Å². The number of primary sulfonamides is 1. The van der Waals surface area contributed by atoms with Crippen molar-refractivity contribution in [3.05, 3.63) is 125 Å². The second-order valence-corrected chi connectivity index (χ2v) is 15.1. The second-order valence-electron chi connectivity index (χ2n) is 13.4. The summed E-state index contributed by atoms with van der Waals surface area (Å²) in [5.41, 5.74) is 3.99. The molecule has 3 amide bonds. The van der Waals surface area contributed by atoms with Crippen LogP contribution in [0.25, 0.3) is 10.8 Å². The normalized spacial score (nSPS) is 16.6. The Labute approximate surface area is 291 Å². The summed E-state index contributed by atoms with van der Waals surface area (Å²) >= 11 is 0. The molecule has 2 atom stereocenters. The monoisotopic (exact) mass is 695 g/mol. The van der Waals surface area contributed by atoms with Crippen LogP contribution in [0.4, 0.5) is 16.2 Å². The number of aromatic amines is 1. The number of methoxy groups -OCH3 is 1. The van der Waals surface area contributed by atoms with Gasteiger partial charge in [0.1, 0.15) is 18.0 Å². The van der Waals surface area contributed by atoms with Crippen LogP contribution in [0.2, 0.25) is 0 Å². The summed E-state index contributed by atoms with van der Waals surface area (Å²) in [6.45, 7) is 6.69. The Morgan fingerprint density at radius 3 is 2.20 bits per heavy atom. The number of hydrogen-bond acceptors (Lipinski definition) is 6. The number of ether oxygens (including phenoxy) is 2. The number of fused-ring (bicyclic) bond motifs is 1. The predicted molar refractivity (Wildman–Crippen MR) is 195 cm³/mol. The van der Waals surface area contributed by atoms with Gasteiger partial charge in [0, 0.05) is 28.9 Å². The number of nitrogens with one attached hydrogen (secondary N) is 3. The number of nitrogens with zero attached hydrogens (tertiary/aromatic N) is 1. The van der Waals surface area contributed by atoms with Crippen LogP contribution < -0.4 is 20.5 Å². The minimum atomic E-state index is -3.89. The van der Waals surface area contributed by atoms with Crippen molar-refractivity contribution in [3.8, 4) is 5.75 Å². The van der Waals surface area contributed by atoms with Crippen molar-refractivity contribution in [2.24, 2.45) is 5.14 Å². The van der Waals surface area contributed by atoms with Crippen molar-refractivity contribution in [2.45, 2.75) is 44.1 Å². The topological polar surface area (TPSA) is 156 Å². The number of sulfonamides is 1. The molecule has 0 bridgehead atoms. The SMILES string of the molecule is COc1c(CS(N)(=O)=O)cc(C(C)(C)C)cc1NC(=O)Nc1ccc(C(=O)N2CC(c3ccccc3)OC(c3cc[nH]c3)C2)c2ccccc12. The first-order valence-corrected chi connectivity index (χ1v) is 18.0. The number of carbonyl (C=O) groups excluding carboxylic acids is 2. The maximum Gasteiger partial charge on any atom is 0.323 e. The van der Waals surface area contributed by atoms with Crippen LogP contribution in [0.1, 0.15) is 65.6 Å². The fourth-order valence-electron chi connectivity index (χ4n) is 6.32. The number of benzene rings is 4. The van der Waals surface area contributed by atoms with E-state index in [2.05, 4.69) is 15.6 Å². The van der Waals surface area contributed by atoms with Crippen LogP contribution in [0, 0.1) is 0 Å². The third kappa shape index (κ3) is 7.67. The van der Waals surface area contributed by atoms with Gasteiger partial charge in [-0.25, -0.2) is 18.4 Å². The standard InChI is InChI=1S/C38H41N5O6S/c1-38(2,3)27-18-26(23-50(39,46)47)35(48-4)32(19-27)42-37(45)41-31-15-14-30(28-12-8-9-13-29(28)31)36(44)43-21-33(24-10-6-5-7-11-24)49-34(22-43)25-16-17-40-20-25/h5-20,33-34,40H,21-23H2,1-4H3,(H2,39,46,47)(H2,41,42,45). The first-order valence-electron chi connectivity index (χ1n) is 16.2. The smallest absolute Gasteiger partial charge is 0.323 e. The molecule has 6 rings (SSSR count). The highest BCUT2D eigenvalue weighted by molar-refractivity contribution is 7.88. The molecule has 4 aromatic carbocycles. The third-order valence-corrected chi connectivity index (χ3v) is 9.51. The van der Waals surface area contributed by atoms with Gasteiger partial charge in [0.2, 0.25) is 10.0 Å². The molecule has 5 N–H and O–H groups in total. The van der Waals surface area contributed by atoms with Crippen LogP contribution in [0.15, 0.2) is 97.3 Å². The van der Waals surface area contributed by atoms with Gasteiger partial charge >= 0.3 is 6.03 Å². The van der Waals surface area contributed by atoms with Crippen molar-refractivity contribution in [3.63, 3.8) is 0 Å². The molecule has 12 heteroatoms. The summed E-state index contributed by atoms with van der Waals surface area (Å²) in [5, 5.41) is 12.5. The Balaban J connectivity index is 1.29. The number of hydrogen-bond donors (Lipinski definition) is 4. The molecule has 1 aliphatic heterocycles. The Kier molecular flexibility index (Phi) is 9.70. The molecule has 1 fully saturated rings. The first-order chi connectivity index (χ1) is 23.8. The lowest BCUT2D eigenvalue weighted by Crippen LogP contribution is -2.43. The van der Waals surface area contributed by atoms with Crippen LogP contribution in [-0.2, 0) is 25.9 Å². The van der Waals surface area contributed by atoms with Gasteiger partial charge in [0.05, 0.1) is 37.3 Å². The Morgan fingerprint density at radius 1 is 0.900 bits per heavy atom. The zero-order chi connectivity index (χ0) is 35.6. The molecule has 0 radical (unpaired) electrons. The number of nitrogens with two attached hydrogens (primary N) is 1. The fourth-order valence-corrected chi connectivity index (χ4v) is 6.97. The maximum absolute atomic E-state index is 14.3. The van der Waals surface area contributed by atoms with Gasteiger partial charge in [-0.05, 0) is 51.8 Å². The molecule has 5 aromatic rings. The number of urea groups is 1. The summed E-state index contributed by atoms with van der Waals surface area (Å²) in [4.78, 5) is 32.7. The van der Waals surface area contributed by atoms with Crippen LogP contribution >= 0.6 is 0 Å². The van der Waals surface area contributed by atoms with Crippen molar-refractivity contribution in [1.82, 2.24) is 9.88 Å². The van der Waals surface area contributed by atoms with E-state index in [9.17, 15) is 18.0 Å². The number of morpholine rings is 1. The molecule has 260 valence electrons. The minimum Gasteiger partial charge on any atom is -0.494 e. The number of carbonyl (C=O) groups is 2. The van der Waals surface area contributed by atoms with E-state index < -0.39 is 21.8 Å². The highest BCUT2D eigenvalue weighted by Crippen LogP contribution is 2.38. The molecule has 1 saturated heterocycles. The first kappa shape index (κ1) is 34.7. The third-order valence-electron chi connectivity index (χ3n) is 8.80. The minimum absolute atomic E-state index is 0.145. The lowest BCUT2D eigenvalue weighted by Gasteiger charge is -2.38. The highest BCUT2D eigenvalue weighted by atomic mass is 32.2. The van der Waals surface area contributed by atoms with Crippen LogP contribution in [0.3, 0.4) is 0 Å². The van der Waals surface area contributed by atoms with Gasteiger partial charge in [-0.15, -0.1) is 0 Å². The van der Waals surface area contributed by atoms with E-state index in [1.807, 2.05) is 98.7 Å². The van der Waals surface area contributed by atoms with Gasteiger partial charge in [0.25, 0.3) is 5.91 Å². The Morgan fingerprint density at radius 2 is 1.56 bits per heavy atom. The number of rotatable bonds is 8. The van der Waals surface area contributed by atoms with Crippen molar-refractivity contribution >= 4 is 44.1 Å². The summed E-state index contributed by atoms with van der Waals surface area (Å²) in [5.74, 6) is -0.407. The molecule has 0 aliphatic carbocycles. The molecular weight excluding hydrogens is 655 g/mol. The lowest BCUT2D eigenvalue weighted by atomic mass is 9.85. The van der Waals surface area contributed by atoms with Gasteiger partial charge in [-0.3, -0.25) is 4.79 Å². The van der Waals surface area contributed by atoms with Gasteiger partial charge in [-0.1, -0.05) is 81.4 Å². The quantitative estimate of drug-likeness (QED) is 0.139. The van der Waals surface area contributed by atoms with E-state index in [0.717, 1.165) is 16.7 Å². The summed E-state index contributed by atoms with van der Waals surface area (Å²) < 4.78 is 36.1. The molecule has 0 spiro atoms. The largest absolute Gasteiger partial charge is 0.494 e. The predicted octanol–water partition coefficient (Wildman–Crippen LogP) is 6.86. The Hall–Kier alpha value is -5.17. The maximum atomic E-state index is 14.3. The molecule has 2 heterocycles. The van der Waals surface area contributed by atoms with Crippen molar-refractivity contribution in [1.29, 1.82) is 0 Å². The molecule has 11 nitrogen and oxygen atoms in total. The number of H-pyrrole nitrogens is 1. The van der Waals surface area contributed by atoms with E-state index >= 15 is 0 Å². The van der Waals surface area contributed by atoms with Gasteiger partial charge in [0.15, 0.2) is 0 Å².